The number of nitriles is 1. The normalized spacial score (nSPS) is 18.1. The van der Waals surface area contributed by atoms with Crippen molar-refractivity contribution in [1.29, 1.82) is 5.26 Å². The number of aromatic nitrogens is 2. The van der Waals surface area contributed by atoms with E-state index in [0.29, 0.717) is 18.7 Å². The molecule has 2 N–H and O–H groups in total. The lowest BCUT2D eigenvalue weighted by Gasteiger charge is -2.14. The number of nitrogens with one attached hydrogen (secondary N) is 2. The third kappa shape index (κ3) is 2.06. The average Bonchev–Trinajstić information content (AvgIpc) is 2.85. The van der Waals surface area contributed by atoms with E-state index in [1.807, 2.05) is 30.3 Å². The number of benzene rings is 1. The van der Waals surface area contributed by atoms with E-state index >= 15 is 0 Å². The van der Waals surface area contributed by atoms with Gasteiger partial charge in [-0.3, -0.25) is 4.79 Å². The number of nitrogens with zero attached hydrogens (tertiary/aromatic N) is 3. The van der Waals surface area contributed by atoms with Crippen LogP contribution in [0.25, 0.3) is 10.9 Å². The highest BCUT2D eigenvalue weighted by atomic mass is 16.1. The molecule has 0 aliphatic carbocycles. The van der Waals surface area contributed by atoms with Crippen molar-refractivity contribution in [2.45, 2.75) is 12.5 Å². The molecule has 1 aromatic heterocycles. The highest BCUT2D eigenvalue weighted by Gasteiger charge is 2.23. The molecule has 6 nitrogen and oxygen atoms in total. The zero-order valence-electron chi connectivity index (χ0n) is 10.1. The number of amides is 1. The van der Waals surface area contributed by atoms with E-state index in [9.17, 15) is 4.79 Å². The number of fused-ring (bicyclic) bond motifs is 1. The Bertz CT molecular complexity index is 691. The second-order valence-electron chi connectivity index (χ2n) is 4.40. The van der Waals surface area contributed by atoms with Crippen molar-refractivity contribution in [3.05, 3.63) is 30.0 Å². The largest absolute Gasteiger partial charge is 0.377 e. The molecule has 6 heteroatoms. The van der Waals surface area contributed by atoms with Crippen LogP contribution < -0.4 is 10.6 Å². The molecular formula is C13H11N5O. The van der Waals surface area contributed by atoms with Crippen LogP contribution in [0.1, 0.15) is 12.1 Å². The van der Waals surface area contributed by atoms with Crippen molar-refractivity contribution in [3.8, 4) is 6.07 Å². The van der Waals surface area contributed by atoms with Gasteiger partial charge in [0.1, 0.15) is 6.07 Å². The van der Waals surface area contributed by atoms with E-state index in [2.05, 4.69) is 20.8 Å². The van der Waals surface area contributed by atoms with Crippen LogP contribution in [0.4, 0.5) is 5.69 Å². The lowest BCUT2D eigenvalue weighted by Crippen LogP contribution is -2.23. The van der Waals surface area contributed by atoms with Crippen LogP contribution in [0, 0.1) is 11.3 Å². The van der Waals surface area contributed by atoms with Crippen LogP contribution in [0.2, 0.25) is 0 Å². The first kappa shape index (κ1) is 11.4. The van der Waals surface area contributed by atoms with Crippen LogP contribution in [0.3, 0.4) is 0 Å². The van der Waals surface area contributed by atoms with Gasteiger partial charge in [-0.25, -0.2) is 0 Å². The average molecular weight is 253 g/mol. The summed E-state index contributed by atoms with van der Waals surface area (Å²) >= 11 is 0. The van der Waals surface area contributed by atoms with Gasteiger partial charge in [-0.2, -0.15) is 5.26 Å². The fraction of sp³-hybridized carbons (Fsp3) is 0.231. The first-order chi connectivity index (χ1) is 9.28. The Morgan fingerprint density at radius 3 is 2.95 bits per heavy atom. The molecule has 2 heterocycles. The summed E-state index contributed by atoms with van der Waals surface area (Å²) in [5.74, 6) is 0.0160. The van der Waals surface area contributed by atoms with E-state index < -0.39 is 0 Å². The molecule has 1 atom stereocenters. The Morgan fingerprint density at radius 1 is 1.37 bits per heavy atom. The summed E-state index contributed by atoms with van der Waals surface area (Å²) in [5, 5.41) is 23.9. The highest BCUT2D eigenvalue weighted by molar-refractivity contribution is 5.93. The lowest BCUT2D eigenvalue weighted by atomic mass is 10.1. The van der Waals surface area contributed by atoms with Crippen molar-refractivity contribution in [2.24, 2.45) is 0 Å². The third-order valence-electron chi connectivity index (χ3n) is 3.10. The third-order valence-corrected chi connectivity index (χ3v) is 3.10. The van der Waals surface area contributed by atoms with Crippen LogP contribution in [-0.4, -0.2) is 28.7 Å². The minimum atomic E-state index is -0.0211. The maximum absolute atomic E-state index is 11.2. The summed E-state index contributed by atoms with van der Waals surface area (Å²) in [4.78, 5) is 11.2. The molecule has 0 spiro atoms. The molecule has 1 aliphatic rings. The molecule has 19 heavy (non-hydrogen) atoms. The van der Waals surface area contributed by atoms with Gasteiger partial charge in [0.05, 0.1) is 17.2 Å². The predicted octanol–water partition coefficient (Wildman–Crippen LogP) is 0.802. The minimum Gasteiger partial charge on any atom is -0.377 e. The van der Waals surface area contributed by atoms with Gasteiger partial charge in [0.25, 0.3) is 0 Å². The van der Waals surface area contributed by atoms with E-state index in [0.717, 1.165) is 10.9 Å². The van der Waals surface area contributed by atoms with Gasteiger partial charge in [0, 0.05) is 18.4 Å². The standard InChI is InChI=1S/C13H11N5O/c14-6-11-13(16-8-5-12(19)15-7-8)9-3-1-2-4-10(9)17-18-11/h1-4,8H,5,7H2,(H,15,19)(H,16,17). The number of carbonyl (C=O) groups excluding carboxylic acids is 1. The molecule has 1 unspecified atom stereocenters. The Labute approximate surface area is 109 Å². The smallest absolute Gasteiger partial charge is 0.222 e. The number of hydrogen-bond acceptors (Lipinski definition) is 5. The van der Waals surface area contributed by atoms with E-state index in [-0.39, 0.29) is 17.6 Å². The van der Waals surface area contributed by atoms with Gasteiger partial charge in [0.2, 0.25) is 5.91 Å². The van der Waals surface area contributed by atoms with E-state index in [1.165, 1.54) is 0 Å². The summed E-state index contributed by atoms with van der Waals surface area (Å²) < 4.78 is 0. The molecule has 1 amide bonds. The summed E-state index contributed by atoms with van der Waals surface area (Å²) in [7, 11) is 0. The lowest BCUT2D eigenvalue weighted by molar-refractivity contribution is -0.119. The second kappa shape index (κ2) is 4.53. The Kier molecular flexibility index (Phi) is 2.72. The fourth-order valence-electron chi connectivity index (χ4n) is 2.19. The Balaban J connectivity index is 2.05. The number of hydrogen-bond donors (Lipinski definition) is 2. The maximum Gasteiger partial charge on any atom is 0.222 e. The van der Waals surface area contributed by atoms with Crippen molar-refractivity contribution in [3.63, 3.8) is 0 Å². The monoisotopic (exact) mass is 253 g/mol. The summed E-state index contributed by atoms with van der Waals surface area (Å²) in [6.07, 6.45) is 0.404. The van der Waals surface area contributed by atoms with Gasteiger partial charge in [0.15, 0.2) is 5.69 Å². The summed E-state index contributed by atoms with van der Waals surface area (Å²) in [5.41, 5.74) is 1.62. The van der Waals surface area contributed by atoms with Gasteiger partial charge < -0.3 is 10.6 Å². The van der Waals surface area contributed by atoms with Gasteiger partial charge in [-0.05, 0) is 6.07 Å². The topological polar surface area (TPSA) is 90.7 Å². The van der Waals surface area contributed by atoms with Crippen molar-refractivity contribution < 1.29 is 4.79 Å². The van der Waals surface area contributed by atoms with Crippen molar-refractivity contribution >= 4 is 22.5 Å². The van der Waals surface area contributed by atoms with Crippen LogP contribution in [0.5, 0.6) is 0 Å². The molecule has 1 fully saturated rings. The van der Waals surface area contributed by atoms with E-state index in [1.54, 1.807) is 0 Å². The molecule has 0 bridgehead atoms. The molecule has 3 rings (SSSR count). The van der Waals surface area contributed by atoms with Gasteiger partial charge in [-0.1, -0.05) is 18.2 Å². The minimum absolute atomic E-state index is 0.0160. The number of anilines is 1. The zero-order valence-corrected chi connectivity index (χ0v) is 10.1. The van der Waals surface area contributed by atoms with E-state index in [4.69, 9.17) is 5.26 Å². The van der Waals surface area contributed by atoms with Gasteiger partial charge in [-0.15, -0.1) is 10.2 Å². The Morgan fingerprint density at radius 2 is 2.21 bits per heavy atom. The first-order valence-electron chi connectivity index (χ1n) is 5.96. The fourth-order valence-corrected chi connectivity index (χ4v) is 2.19. The zero-order chi connectivity index (χ0) is 13.2. The quantitative estimate of drug-likeness (QED) is 0.826. The molecule has 1 aromatic carbocycles. The molecule has 0 radical (unpaired) electrons. The van der Waals surface area contributed by atoms with Crippen LogP contribution in [0.15, 0.2) is 24.3 Å². The van der Waals surface area contributed by atoms with Crippen LogP contribution in [-0.2, 0) is 4.79 Å². The summed E-state index contributed by atoms with van der Waals surface area (Å²) in [6, 6.07) is 9.49. The molecule has 1 saturated heterocycles. The molecular weight excluding hydrogens is 242 g/mol. The number of carbonyl (C=O) groups is 1. The van der Waals surface area contributed by atoms with Crippen molar-refractivity contribution in [2.75, 3.05) is 11.9 Å². The molecule has 1 aliphatic heterocycles. The summed E-state index contributed by atoms with van der Waals surface area (Å²) in [6.45, 7) is 0.556. The molecule has 2 aromatic rings. The maximum atomic E-state index is 11.2. The number of rotatable bonds is 2. The predicted molar refractivity (Wildman–Crippen MR) is 69.3 cm³/mol. The molecule has 0 saturated carbocycles. The van der Waals surface area contributed by atoms with Crippen LogP contribution >= 0.6 is 0 Å². The molecule has 94 valence electrons. The van der Waals surface area contributed by atoms with Gasteiger partial charge >= 0.3 is 0 Å². The highest BCUT2D eigenvalue weighted by Crippen LogP contribution is 2.25. The second-order valence-corrected chi connectivity index (χ2v) is 4.40. The first-order valence-corrected chi connectivity index (χ1v) is 5.96. The SMILES string of the molecule is N#Cc1nnc2ccccc2c1NC1CNC(=O)C1. The van der Waals surface area contributed by atoms with Crippen molar-refractivity contribution in [1.82, 2.24) is 15.5 Å². The Hall–Kier alpha value is -2.68.